The van der Waals surface area contributed by atoms with Crippen LogP contribution in [0.3, 0.4) is 0 Å². The van der Waals surface area contributed by atoms with E-state index in [1.165, 1.54) is 0 Å². The number of nitrogens with zero attached hydrogens (tertiary/aromatic N) is 2. The van der Waals surface area contributed by atoms with Crippen molar-refractivity contribution >= 4 is 29.9 Å². The topological polar surface area (TPSA) is 46.1 Å². The van der Waals surface area contributed by atoms with E-state index in [2.05, 4.69) is 22.1 Å². The third-order valence-corrected chi connectivity index (χ3v) is 4.57. The molecule has 0 saturated carbocycles. The van der Waals surface area contributed by atoms with E-state index in [4.69, 9.17) is 9.47 Å². The molecule has 0 unspecified atom stereocenters. The highest BCUT2D eigenvalue weighted by Crippen LogP contribution is 2.25. The van der Waals surface area contributed by atoms with Crippen LogP contribution in [0.5, 0.6) is 5.75 Å². The van der Waals surface area contributed by atoms with Gasteiger partial charge in [0.2, 0.25) is 0 Å². The standard InChI is InChI=1S/C18H27N3O2.HI/c1-18(13-22-14-18)12-20-17(19-2)21-10-8-16(9-11-21)23-15-6-4-3-5-7-15;/h3-7,16H,8-14H2,1-2H3,(H,19,20);1H. The molecular formula is C18H28IN3O2. The second kappa shape index (κ2) is 8.89. The fraction of sp³-hybridized carbons (Fsp3) is 0.611. The Morgan fingerprint density at radius 2 is 1.96 bits per heavy atom. The fourth-order valence-corrected chi connectivity index (χ4v) is 3.05. The molecule has 6 heteroatoms. The first-order chi connectivity index (χ1) is 11.2. The minimum absolute atomic E-state index is 0. The molecule has 3 rings (SSSR count). The summed E-state index contributed by atoms with van der Waals surface area (Å²) in [4.78, 5) is 6.76. The first kappa shape index (κ1) is 19.3. The summed E-state index contributed by atoms with van der Waals surface area (Å²) in [6, 6.07) is 10.1. The molecule has 0 amide bonds. The van der Waals surface area contributed by atoms with Crippen LogP contribution >= 0.6 is 24.0 Å². The average molecular weight is 445 g/mol. The quantitative estimate of drug-likeness (QED) is 0.440. The Balaban J connectivity index is 0.00000208. The minimum atomic E-state index is 0. The molecule has 2 saturated heterocycles. The number of rotatable bonds is 4. The Labute approximate surface area is 161 Å². The number of benzene rings is 1. The summed E-state index contributed by atoms with van der Waals surface area (Å²) >= 11 is 0. The summed E-state index contributed by atoms with van der Waals surface area (Å²) < 4.78 is 11.4. The van der Waals surface area contributed by atoms with Crippen molar-refractivity contribution in [1.29, 1.82) is 0 Å². The molecule has 24 heavy (non-hydrogen) atoms. The van der Waals surface area contributed by atoms with Gasteiger partial charge >= 0.3 is 0 Å². The van der Waals surface area contributed by atoms with Gasteiger partial charge < -0.3 is 19.7 Å². The number of hydrogen-bond acceptors (Lipinski definition) is 3. The number of guanidine groups is 1. The zero-order valence-corrected chi connectivity index (χ0v) is 16.9. The molecule has 2 aliphatic rings. The van der Waals surface area contributed by atoms with Crippen molar-refractivity contribution in [3.05, 3.63) is 30.3 Å². The van der Waals surface area contributed by atoms with Gasteiger partial charge in [0.05, 0.1) is 13.2 Å². The van der Waals surface area contributed by atoms with Crippen molar-refractivity contribution < 1.29 is 9.47 Å². The van der Waals surface area contributed by atoms with Crippen LogP contribution in [0.1, 0.15) is 19.8 Å². The zero-order chi connectivity index (χ0) is 16.1. The number of halogens is 1. The number of hydrogen-bond donors (Lipinski definition) is 1. The van der Waals surface area contributed by atoms with Crippen LogP contribution in [0.4, 0.5) is 0 Å². The van der Waals surface area contributed by atoms with Crippen LogP contribution in [0.15, 0.2) is 35.3 Å². The van der Waals surface area contributed by atoms with Crippen molar-refractivity contribution in [2.75, 3.05) is 39.9 Å². The summed E-state index contributed by atoms with van der Waals surface area (Å²) in [6.07, 6.45) is 2.34. The summed E-state index contributed by atoms with van der Waals surface area (Å²) in [5.74, 6) is 1.96. The highest BCUT2D eigenvalue weighted by Gasteiger charge is 2.34. The molecule has 0 aliphatic carbocycles. The van der Waals surface area contributed by atoms with Gasteiger partial charge in [0.1, 0.15) is 11.9 Å². The van der Waals surface area contributed by atoms with E-state index < -0.39 is 0 Å². The predicted molar refractivity (Wildman–Crippen MR) is 107 cm³/mol. The van der Waals surface area contributed by atoms with E-state index in [9.17, 15) is 0 Å². The van der Waals surface area contributed by atoms with E-state index in [0.29, 0.717) is 6.10 Å². The number of aliphatic imine (C=N–C) groups is 1. The van der Waals surface area contributed by atoms with E-state index in [1.807, 2.05) is 37.4 Å². The Bertz CT molecular complexity index is 526. The molecule has 134 valence electrons. The first-order valence-electron chi connectivity index (χ1n) is 8.44. The second-order valence-corrected chi connectivity index (χ2v) is 6.82. The molecule has 0 bridgehead atoms. The lowest BCUT2D eigenvalue weighted by Crippen LogP contribution is -2.53. The van der Waals surface area contributed by atoms with E-state index in [0.717, 1.165) is 57.4 Å². The van der Waals surface area contributed by atoms with Gasteiger partial charge in [-0.05, 0) is 12.1 Å². The maximum absolute atomic E-state index is 6.05. The number of nitrogens with one attached hydrogen (secondary N) is 1. The van der Waals surface area contributed by atoms with Crippen molar-refractivity contribution in [3.63, 3.8) is 0 Å². The molecule has 1 aromatic carbocycles. The van der Waals surface area contributed by atoms with Gasteiger partial charge in [-0.15, -0.1) is 24.0 Å². The van der Waals surface area contributed by atoms with Crippen LogP contribution in [-0.4, -0.2) is 56.9 Å². The molecule has 2 fully saturated rings. The summed E-state index contributed by atoms with van der Waals surface area (Å²) in [5, 5.41) is 3.50. The number of piperidine rings is 1. The summed E-state index contributed by atoms with van der Waals surface area (Å²) in [7, 11) is 1.86. The van der Waals surface area contributed by atoms with Gasteiger partial charge in [0.25, 0.3) is 0 Å². The molecular weight excluding hydrogens is 417 g/mol. The third kappa shape index (κ3) is 4.99. The largest absolute Gasteiger partial charge is 0.490 e. The zero-order valence-electron chi connectivity index (χ0n) is 14.5. The molecule has 2 heterocycles. The minimum Gasteiger partial charge on any atom is -0.490 e. The Kier molecular flexibility index (Phi) is 7.16. The first-order valence-corrected chi connectivity index (χ1v) is 8.44. The van der Waals surface area contributed by atoms with Crippen LogP contribution in [0.2, 0.25) is 0 Å². The van der Waals surface area contributed by atoms with Gasteiger partial charge in [-0.25, -0.2) is 0 Å². The van der Waals surface area contributed by atoms with Gasteiger partial charge in [-0.2, -0.15) is 0 Å². The van der Waals surface area contributed by atoms with Crippen molar-refractivity contribution in [2.45, 2.75) is 25.9 Å². The highest BCUT2D eigenvalue weighted by molar-refractivity contribution is 14.0. The fourth-order valence-electron chi connectivity index (χ4n) is 3.05. The maximum atomic E-state index is 6.05. The van der Waals surface area contributed by atoms with Crippen molar-refractivity contribution in [2.24, 2.45) is 10.4 Å². The SMILES string of the molecule is CN=C(NCC1(C)COC1)N1CCC(Oc2ccccc2)CC1.I. The van der Waals surface area contributed by atoms with E-state index in [1.54, 1.807) is 0 Å². The van der Waals surface area contributed by atoms with Gasteiger partial charge in [0.15, 0.2) is 5.96 Å². The molecule has 5 nitrogen and oxygen atoms in total. The lowest BCUT2D eigenvalue weighted by molar-refractivity contribution is -0.0973. The Morgan fingerprint density at radius 1 is 1.29 bits per heavy atom. The molecule has 1 aromatic rings. The summed E-state index contributed by atoms with van der Waals surface area (Å²) in [6.45, 7) is 6.79. The molecule has 1 N–H and O–H groups in total. The average Bonchev–Trinajstić information content (AvgIpc) is 2.56. The number of para-hydroxylation sites is 1. The van der Waals surface area contributed by atoms with Crippen LogP contribution < -0.4 is 10.1 Å². The third-order valence-electron chi connectivity index (χ3n) is 4.57. The van der Waals surface area contributed by atoms with Crippen LogP contribution in [0.25, 0.3) is 0 Å². The van der Waals surface area contributed by atoms with Gasteiger partial charge in [-0.1, -0.05) is 25.1 Å². The lowest BCUT2D eigenvalue weighted by Gasteiger charge is -2.40. The smallest absolute Gasteiger partial charge is 0.193 e. The highest BCUT2D eigenvalue weighted by atomic mass is 127. The second-order valence-electron chi connectivity index (χ2n) is 6.82. The lowest BCUT2D eigenvalue weighted by atomic mass is 9.89. The maximum Gasteiger partial charge on any atom is 0.193 e. The van der Waals surface area contributed by atoms with Gasteiger partial charge in [0, 0.05) is 44.9 Å². The van der Waals surface area contributed by atoms with E-state index >= 15 is 0 Å². The van der Waals surface area contributed by atoms with Gasteiger partial charge in [-0.3, -0.25) is 4.99 Å². The number of ether oxygens (including phenoxy) is 2. The van der Waals surface area contributed by atoms with Crippen molar-refractivity contribution in [1.82, 2.24) is 10.2 Å². The number of likely N-dealkylation sites (tertiary alicyclic amines) is 1. The molecule has 0 atom stereocenters. The predicted octanol–water partition coefficient (Wildman–Crippen LogP) is 2.76. The Morgan fingerprint density at radius 3 is 2.50 bits per heavy atom. The van der Waals surface area contributed by atoms with Crippen molar-refractivity contribution in [3.8, 4) is 5.75 Å². The van der Waals surface area contributed by atoms with E-state index in [-0.39, 0.29) is 29.4 Å². The molecule has 0 spiro atoms. The van der Waals surface area contributed by atoms with Crippen LogP contribution in [0, 0.1) is 5.41 Å². The van der Waals surface area contributed by atoms with Crippen LogP contribution in [-0.2, 0) is 4.74 Å². The summed E-state index contributed by atoms with van der Waals surface area (Å²) in [5.41, 5.74) is 0.255. The normalized spacial score (nSPS) is 20.8. The monoisotopic (exact) mass is 445 g/mol. The Hall–Kier alpha value is -1.02. The molecule has 0 aromatic heterocycles. The molecule has 2 aliphatic heterocycles. The molecule has 0 radical (unpaired) electrons.